The summed E-state index contributed by atoms with van der Waals surface area (Å²) in [4.78, 5) is 14.1. The average molecular weight is 363 g/mol. The summed E-state index contributed by atoms with van der Waals surface area (Å²) in [5.41, 5.74) is 1.89. The maximum atomic E-state index is 12.2. The molecule has 0 N–H and O–H groups in total. The number of carbonyl (C=O) groups excluding carboxylic acids is 1. The van der Waals surface area contributed by atoms with E-state index in [-0.39, 0.29) is 5.91 Å². The van der Waals surface area contributed by atoms with Crippen LogP contribution in [0.3, 0.4) is 0 Å². The van der Waals surface area contributed by atoms with E-state index in [0.29, 0.717) is 0 Å². The van der Waals surface area contributed by atoms with E-state index in [1.807, 2.05) is 36.9 Å². The quantitative estimate of drug-likeness (QED) is 0.725. The molecule has 94 valence electrons. The summed E-state index contributed by atoms with van der Waals surface area (Å²) in [6, 6.07) is 5.75. The van der Waals surface area contributed by atoms with Crippen molar-refractivity contribution in [3.05, 3.63) is 33.8 Å². The topological polar surface area (TPSA) is 20.3 Å². The number of hydrogen-bond acceptors (Lipinski definition) is 1. The van der Waals surface area contributed by atoms with Gasteiger partial charge in [0.2, 0.25) is 0 Å². The van der Waals surface area contributed by atoms with Crippen molar-refractivity contribution in [2.45, 2.75) is 20.3 Å². The number of rotatable bonds is 5. The molecule has 0 aromatic heterocycles. The summed E-state index contributed by atoms with van der Waals surface area (Å²) in [6.45, 7) is 5.57. The van der Waals surface area contributed by atoms with Gasteiger partial charge in [-0.3, -0.25) is 4.79 Å². The van der Waals surface area contributed by atoms with Crippen LogP contribution in [0.4, 0.5) is 0 Å². The van der Waals surface area contributed by atoms with Crippen molar-refractivity contribution in [3.63, 3.8) is 0 Å². The van der Waals surface area contributed by atoms with E-state index in [2.05, 4.69) is 31.9 Å². The first-order chi connectivity index (χ1) is 8.10. The first-order valence-corrected chi connectivity index (χ1v) is 7.63. The van der Waals surface area contributed by atoms with Gasteiger partial charge in [-0.05, 0) is 38.0 Å². The van der Waals surface area contributed by atoms with Crippen LogP contribution >= 0.6 is 31.9 Å². The van der Waals surface area contributed by atoms with Crippen LogP contribution in [-0.2, 0) is 0 Å². The second-order valence-corrected chi connectivity index (χ2v) is 5.54. The maximum Gasteiger partial charge on any atom is 0.253 e. The summed E-state index contributed by atoms with van der Waals surface area (Å²) in [6.07, 6.45) is 0.979. The Morgan fingerprint density at radius 2 is 2.12 bits per heavy atom. The minimum Gasteiger partial charge on any atom is -0.339 e. The molecule has 0 saturated carbocycles. The van der Waals surface area contributed by atoms with E-state index in [0.717, 1.165) is 40.4 Å². The van der Waals surface area contributed by atoms with Gasteiger partial charge in [-0.1, -0.05) is 37.9 Å². The van der Waals surface area contributed by atoms with Crippen LogP contribution in [0.15, 0.2) is 22.7 Å². The number of aryl methyl sites for hydroxylation is 1. The molecule has 1 aromatic carbocycles. The fourth-order valence-electron chi connectivity index (χ4n) is 1.56. The van der Waals surface area contributed by atoms with Crippen molar-refractivity contribution in [2.75, 3.05) is 18.4 Å². The molecule has 0 spiro atoms. The molecule has 17 heavy (non-hydrogen) atoms. The van der Waals surface area contributed by atoms with Crippen LogP contribution in [0.5, 0.6) is 0 Å². The van der Waals surface area contributed by atoms with Crippen molar-refractivity contribution in [3.8, 4) is 0 Å². The van der Waals surface area contributed by atoms with E-state index >= 15 is 0 Å². The lowest BCUT2D eigenvalue weighted by Gasteiger charge is -2.20. The van der Waals surface area contributed by atoms with Gasteiger partial charge in [-0.15, -0.1) is 0 Å². The zero-order chi connectivity index (χ0) is 12.8. The number of amides is 1. The summed E-state index contributed by atoms with van der Waals surface area (Å²) in [5.74, 6) is 0.106. The van der Waals surface area contributed by atoms with Gasteiger partial charge in [-0.2, -0.15) is 0 Å². The van der Waals surface area contributed by atoms with Crippen molar-refractivity contribution < 1.29 is 4.79 Å². The van der Waals surface area contributed by atoms with Crippen molar-refractivity contribution in [2.24, 2.45) is 0 Å². The van der Waals surface area contributed by atoms with Gasteiger partial charge in [0.1, 0.15) is 0 Å². The third kappa shape index (κ3) is 4.11. The number of halogens is 2. The monoisotopic (exact) mass is 361 g/mol. The number of nitrogens with zero attached hydrogens (tertiary/aromatic N) is 1. The molecular weight excluding hydrogens is 346 g/mol. The first-order valence-electron chi connectivity index (χ1n) is 5.71. The predicted molar refractivity (Wildman–Crippen MR) is 78.9 cm³/mol. The van der Waals surface area contributed by atoms with Gasteiger partial charge in [0.15, 0.2) is 0 Å². The molecule has 0 heterocycles. The summed E-state index contributed by atoms with van der Waals surface area (Å²) < 4.78 is 0.986. The normalized spacial score (nSPS) is 10.4. The van der Waals surface area contributed by atoms with Crippen LogP contribution in [-0.4, -0.2) is 29.2 Å². The van der Waals surface area contributed by atoms with Gasteiger partial charge in [-0.25, -0.2) is 0 Å². The van der Waals surface area contributed by atoms with Gasteiger partial charge < -0.3 is 4.90 Å². The number of alkyl halides is 1. The fourth-order valence-corrected chi connectivity index (χ4v) is 2.19. The standard InChI is InChI=1S/C13H17Br2NO/c1-3-16(8-4-7-14)13(17)11-6-5-10(2)12(15)9-11/h5-6,9H,3-4,7-8H2,1-2H3. The lowest BCUT2D eigenvalue weighted by molar-refractivity contribution is 0.0765. The van der Waals surface area contributed by atoms with E-state index in [4.69, 9.17) is 0 Å². The van der Waals surface area contributed by atoms with Crippen molar-refractivity contribution >= 4 is 37.8 Å². The third-order valence-electron chi connectivity index (χ3n) is 2.65. The lowest BCUT2D eigenvalue weighted by Crippen LogP contribution is -2.32. The third-order valence-corrected chi connectivity index (χ3v) is 4.06. The number of benzene rings is 1. The first kappa shape index (κ1) is 14.7. The van der Waals surface area contributed by atoms with Gasteiger partial charge in [0, 0.05) is 28.5 Å². The van der Waals surface area contributed by atoms with Crippen LogP contribution < -0.4 is 0 Å². The van der Waals surface area contributed by atoms with Crippen molar-refractivity contribution in [1.29, 1.82) is 0 Å². The summed E-state index contributed by atoms with van der Waals surface area (Å²) in [5, 5.41) is 0.925. The Labute approximate surface area is 120 Å². The largest absolute Gasteiger partial charge is 0.339 e. The Bertz CT molecular complexity index is 393. The van der Waals surface area contributed by atoms with Crippen molar-refractivity contribution in [1.82, 2.24) is 4.90 Å². The van der Waals surface area contributed by atoms with Crippen LogP contribution in [0.25, 0.3) is 0 Å². The number of hydrogen-bond donors (Lipinski definition) is 0. The average Bonchev–Trinajstić information content (AvgIpc) is 2.33. The molecule has 4 heteroatoms. The van der Waals surface area contributed by atoms with E-state index in [1.54, 1.807) is 0 Å². The van der Waals surface area contributed by atoms with E-state index in [1.165, 1.54) is 0 Å². The summed E-state index contributed by atoms with van der Waals surface area (Å²) >= 11 is 6.85. The molecule has 1 amide bonds. The predicted octanol–water partition coefficient (Wildman–Crippen LogP) is 4.00. The molecule has 0 bridgehead atoms. The molecule has 0 fully saturated rings. The fraction of sp³-hybridized carbons (Fsp3) is 0.462. The van der Waals surface area contributed by atoms with E-state index < -0.39 is 0 Å². The highest BCUT2D eigenvalue weighted by Crippen LogP contribution is 2.18. The highest BCUT2D eigenvalue weighted by atomic mass is 79.9. The molecule has 0 aliphatic rings. The lowest BCUT2D eigenvalue weighted by atomic mass is 10.1. The Kier molecular flexibility index (Phi) is 6.20. The Morgan fingerprint density at radius 1 is 1.41 bits per heavy atom. The van der Waals surface area contributed by atoms with Gasteiger partial charge in [0.05, 0.1) is 0 Å². The Morgan fingerprint density at radius 3 is 2.65 bits per heavy atom. The number of carbonyl (C=O) groups is 1. The molecule has 2 nitrogen and oxygen atoms in total. The van der Waals surface area contributed by atoms with Gasteiger partial charge in [0.25, 0.3) is 5.91 Å². The molecule has 0 unspecified atom stereocenters. The molecule has 1 aromatic rings. The SMILES string of the molecule is CCN(CCCBr)C(=O)c1ccc(C)c(Br)c1. The molecule has 0 aliphatic carbocycles. The second-order valence-electron chi connectivity index (χ2n) is 3.89. The second kappa shape index (κ2) is 7.17. The molecular formula is C13H17Br2NO. The molecule has 1 rings (SSSR count). The molecule has 0 radical (unpaired) electrons. The highest BCUT2D eigenvalue weighted by Gasteiger charge is 2.14. The Hall–Kier alpha value is -0.350. The zero-order valence-corrected chi connectivity index (χ0v) is 13.3. The van der Waals surface area contributed by atoms with Crippen LogP contribution in [0.2, 0.25) is 0 Å². The Balaban J connectivity index is 2.82. The summed E-state index contributed by atoms with van der Waals surface area (Å²) in [7, 11) is 0. The minimum atomic E-state index is 0.106. The van der Waals surface area contributed by atoms with Crippen LogP contribution in [0, 0.1) is 6.92 Å². The molecule has 0 atom stereocenters. The minimum absolute atomic E-state index is 0.106. The smallest absolute Gasteiger partial charge is 0.253 e. The van der Waals surface area contributed by atoms with E-state index in [9.17, 15) is 4.79 Å². The molecule has 0 saturated heterocycles. The zero-order valence-electron chi connectivity index (χ0n) is 10.2. The van der Waals surface area contributed by atoms with Gasteiger partial charge >= 0.3 is 0 Å². The molecule has 0 aliphatic heterocycles. The highest BCUT2D eigenvalue weighted by molar-refractivity contribution is 9.10. The van der Waals surface area contributed by atoms with Crippen LogP contribution in [0.1, 0.15) is 29.3 Å². The maximum absolute atomic E-state index is 12.2.